The number of anilines is 1. The van der Waals surface area contributed by atoms with Crippen LogP contribution < -0.4 is 4.90 Å². The zero-order chi connectivity index (χ0) is 12.1. The van der Waals surface area contributed by atoms with Crippen LogP contribution in [0, 0.1) is 11.8 Å². The van der Waals surface area contributed by atoms with Gasteiger partial charge in [-0.2, -0.15) is 0 Å². The second-order valence-corrected chi connectivity index (χ2v) is 5.07. The van der Waals surface area contributed by atoms with E-state index in [2.05, 4.69) is 42.8 Å². The van der Waals surface area contributed by atoms with Gasteiger partial charge in [-0.15, -0.1) is 16.7 Å². The largest absolute Gasteiger partial charge is 0.407 e. The highest BCUT2D eigenvalue weighted by Gasteiger charge is 2.16. The molecule has 1 rings (SSSR count). The highest BCUT2D eigenvalue weighted by molar-refractivity contribution is 6.16. The Morgan fingerprint density at radius 2 is 1.69 bits per heavy atom. The van der Waals surface area contributed by atoms with Gasteiger partial charge in [-0.3, -0.25) is 0 Å². The third-order valence-electron chi connectivity index (χ3n) is 2.01. The maximum atomic E-state index is 5.64. The number of nitrogens with zero attached hydrogens (tertiary/aromatic N) is 3. The Kier molecular flexibility index (Phi) is 5.06. The molecule has 0 saturated heterocycles. The predicted octanol–water partition coefficient (Wildman–Crippen LogP) is 2.93. The van der Waals surface area contributed by atoms with Crippen LogP contribution in [0.2, 0.25) is 0 Å². The molecule has 0 saturated carbocycles. The standard InChI is InChI=1S/C11H20ClN3O/c1-8(2)6-15(7-9(3)4)11-14-13-10(5-12)16-11/h8-9H,5-7H2,1-4H3. The van der Waals surface area contributed by atoms with Crippen molar-refractivity contribution < 1.29 is 4.42 Å². The van der Waals surface area contributed by atoms with E-state index >= 15 is 0 Å². The average Bonchev–Trinajstić information content (AvgIpc) is 2.63. The molecule has 92 valence electrons. The van der Waals surface area contributed by atoms with Crippen LogP contribution in [0.3, 0.4) is 0 Å². The van der Waals surface area contributed by atoms with Crippen molar-refractivity contribution in [2.75, 3.05) is 18.0 Å². The van der Waals surface area contributed by atoms with Crippen LogP contribution in [0.1, 0.15) is 33.6 Å². The third-order valence-corrected chi connectivity index (χ3v) is 2.24. The van der Waals surface area contributed by atoms with Gasteiger partial charge >= 0.3 is 6.01 Å². The molecule has 1 aromatic rings. The fraction of sp³-hybridized carbons (Fsp3) is 0.818. The molecule has 4 nitrogen and oxygen atoms in total. The van der Waals surface area contributed by atoms with E-state index in [1.807, 2.05) is 0 Å². The molecule has 0 amide bonds. The molecule has 0 spiro atoms. The smallest absolute Gasteiger partial charge is 0.318 e. The van der Waals surface area contributed by atoms with E-state index in [4.69, 9.17) is 16.0 Å². The van der Waals surface area contributed by atoms with E-state index in [-0.39, 0.29) is 5.88 Å². The molecule has 0 unspecified atom stereocenters. The summed E-state index contributed by atoms with van der Waals surface area (Å²) < 4.78 is 5.47. The summed E-state index contributed by atoms with van der Waals surface area (Å²) in [7, 11) is 0. The highest BCUT2D eigenvalue weighted by Crippen LogP contribution is 2.16. The summed E-state index contributed by atoms with van der Waals surface area (Å²) in [5, 5.41) is 7.90. The summed E-state index contributed by atoms with van der Waals surface area (Å²) in [4.78, 5) is 2.12. The molecule has 0 atom stereocenters. The van der Waals surface area contributed by atoms with Gasteiger partial charge in [-0.1, -0.05) is 32.8 Å². The van der Waals surface area contributed by atoms with Crippen molar-refractivity contribution in [1.82, 2.24) is 10.2 Å². The predicted molar refractivity (Wildman–Crippen MR) is 65.7 cm³/mol. The minimum atomic E-state index is 0.268. The molecule has 0 aromatic carbocycles. The van der Waals surface area contributed by atoms with Crippen LogP contribution in [-0.4, -0.2) is 23.3 Å². The SMILES string of the molecule is CC(C)CN(CC(C)C)c1nnc(CCl)o1. The molecule has 5 heteroatoms. The van der Waals surface area contributed by atoms with Gasteiger partial charge in [0.2, 0.25) is 5.89 Å². The normalized spacial score (nSPS) is 11.4. The number of hydrogen-bond donors (Lipinski definition) is 0. The summed E-state index contributed by atoms with van der Waals surface area (Å²) in [5.74, 6) is 1.87. The van der Waals surface area contributed by atoms with Gasteiger partial charge in [0.05, 0.1) is 0 Å². The van der Waals surface area contributed by atoms with Crippen molar-refractivity contribution in [1.29, 1.82) is 0 Å². The summed E-state index contributed by atoms with van der Waals surface area (Å²) in [6.07, 6.45) is 0. The first-order valence-electron chi connectivity index (χ1n) is 5.66. The van der Waals surface area contributed by atoms with Gasteiger partial charge in [0.25, 0.3) is 0 Å². The first-order valence-corrected chi connectivity index (χ1v) is 6.19. The van der Waals surface area contributed by atoms with E-state index in [1.165, 1.54) is 0 Å². The molecule has 0 fully saturated rings. The molecule has 0 radical (unpaired) electrons. The molecule has 0 aliphatic rings. The van der Waals surface area contributed by atoms with E-state index in [9.17, 15) is 0 Å². The number of rotatable bonds is 6. The molecule has 0 bridgehead atoms. The fourth-order valence-corrected chi connectivity index (χ4v) is 1.65. The number of aromatic nitrogens is 2. The second kappa shape index (κ2) is 6.09. The minimum absolute atomic E-state index is 0.268. The molecular formula is C11H20ClN3O. The quantitative estimate of drug-likeness (QED) is 0.723. The first-order chi connectivity index (χ1) is 7.52. The van der Waals surface area contributed by atoms with Gasteiger partial charge in [0, 0.05) is 13.1 Å². The minimum Gasteiger partial charge on any atom is -0.407 e. The Morgan fingerprint density at radius 3 is 2.06 bits per heavy atom. The Morgan fingerprint density at radius 1 is 1.12 bits per heavy atom. The Labute approximate surface area is 102 Å². The van der Waals surface area contributed by atoms with Gasteiger partial charge in [-0.25, -0.2) is 0 Å². The maximum absolute atomic E-state index is 5.64. The Hall–Kier alpha value is -0.770. The van der Waals surface area contributed by atoms with E-state index in [0.717, 1.165) is 13.1 Å². The number of hydrogen-bond acceptors (Lipinski definition) is 4. The fourth-order valence-electron chi connectivity index (χ4n) is 1.54. The summed E-state index contributed by atoms with van der Waals surface area (Å²) in [6, 6.07) is 0.582. The van der Waals surface area contributed by atoms with Crippen LogP contribution in [-0.2, 0) is 5.88 Å². The van der Waals surface area contributed by atoms with Crippen molar-refractivity contribution in [2.24, 2.45) is 11.8 Å². The molecule has 0 N–H and O–H groups in total. The zero-order valence-corrected chi connectivity index (χ0v) is 11.2. The van der Waals surface area contributed by atoms with Crippen molar-refractivity contribution in [3.63, 3.8) is 0 Å². The van der Waals surface area contributed by atoms with E-state index in [0.29, 0.717) is 23.7 Å². The average molecular weight is 246 g/mol. The van der Waals surface area contributed by atoms with Gasteiger partial charge in [-0.05, 0) is 11.8 Å². The molecular weight excluding hydrogens is 226 g/mol. The maximum Gasteiger partial charge on any atom is 0.318 e. The summed E-state index contributed by atoms with van der Waals surface area (Å²) >= 11 is 5.64. The van der Waals surface area contributed by atoms with Crippen LogP contribution in [0.4, 0.5) is 6.01 Å². The van der Waals surface area contributed by atoms with Crippen molar-refractivity contribution in [3.8, 4) is 0 Å². The van der Waals surface area contributed by atoms with Crippen LogP contribution >= 0.6 is 11.6 Å². The Balaban J connectivity index is 2.74. The first kappa shape index (κ1) is 13.3. The lowest BCUT2D eigenvalue weighted by Gasteiger charge is -2.23. The lowest BCUT2D eigenvalue weighted by Crippen LogP contribution is -2.31. The highest BCUT2D eigenvalue weighted by atomic mass is 35.5. The number of halogens is 1. The van der Waals surface area contributed by atoms with Crippen molar-refractivity contribution >= 4 is 17.6 Å². The van der Waals surface area contributed by atoms with Crippen LogP contribution in [0.5, 0.6) is 0 Å². The molecule has 1 aromatic heterocycles. The van der Waals surface area contributed by atoms with Gasteiger partial charge in [0.1, 0.15) is 5.88 Å². The third kappa shape index (κ3) is 4.00. The van der Waals surface area contributed by atoms with Gasteiger partial charge < -0.3 is 9.32 Å². The lowest BCUT2D eigenvalue weighted by atomic mass is 10.1. The number of alkyl halides is 1. The molecule has 0 aliphatic carbocycles. The second-order valence-electron chi connectivity index (χ2n) is 4.80. The summed E-state index contributed by atoms with van der Waals surface area (Å²) in [5.41, 5.74) is 0. The summed E-state index contributed by atoms with van der Waals surface area (Å²) in [6.45, 7) is 10.5. The lowest BCUT2D eigenvalue weighted by molar-refractivity contribution is 0.463. The van der Waals surface area contributed by atoms with Crippen LogP contribution in [0.15, 0.2) is 4.42 Å². The monoisotopic (exact) mass is 245 g/mol. The van der Waals surface area contributed by atoms with Crippen molar-refractivity contribution in [3.05, 3.63) is 5.89 Å². The van der Waals surface area contributed by atoms with E-state index in [1.54, 1.807) is 0 Å². The van der Waals surface area contributed by atoms with Crippen molar-refractivity contribution in [2.45, 2.75) is 33.6 Å². The van der Waals surface area contributed by atoms with Gasteiger partial charge in [0.15, 0.2) is 0 Å². The molecule has 0 aliphatic heterocycles. The zero-order valence-electron chi connectivity index (χ0n) is 10.4. The topological polar surface area (TPSA) is 42.2 Å². The Bertz CT molecular complexity index is 302. The van der Waals surface area contributed by atoms with Crippen LogP contribution in [0.25, 0.3) is 0 Å². The molecule has 16 heavy (non-hydrogen) atoms. The molecule has 1 heterocycles. The van der Waals surface area contributed by atoms with E-state index < -0.39 is 0 Å².